The fraction of sp³-hybridized carbons (Fsp3) is 0.700. The Morgan fingerprint density at radius 3 is 2.73 bits per heavy atom. The summed E-state index contributed by atoms with van der Waals surface area (Å²) in [5.74, 6) is -1.23. The summed E-state index contributed by atoms with van der Waals surface area (Å²) in [6.45, 7) is 11.5. The highest BCUT2D eigenvalue weighted by atomic mass is 16.7. The number of epoxide rings is 2. The number of carbonyl (C=O) groups is 2. The SMILES string of the molecule is C=C1C(=O)O[C@H]2[C@H]1[C@H](OC(=O)/C(C)=C/C)C[C@@]1(C)O[C@@H]1CC[C@@]1(C)O[C@H]21. The average Bonchev–Trinajstić information content (AvgIpc) is 3.42. The van der Waals surface area contributed by atoms with Crippen molar-refractivity contribution in [3.8, 4) is 0 Å². The molecule has 0 radical (unpaired) electrons. The fourth-order valence-corrected chi connectivity index (χ4v) is 4.41. The summed E-state index contributed by atoms with van der Waals surface area (Å²) in [5, 5.41) is 0. The van der Waals surface area contributed by atoms with Gasteiger partial charge in [-0.15, -0.1) is 0 Å². The standard InChI is InChI=1S/C20H26O6/c1-6-10(2)17(21)23-12-9-20(5)13(25-20)7-8-19(4)16(26-19)15-14(12)11(3)18(22)24-15/h6,12-16H,3,7-9H2,1-2,4-5H3/b10-6+/t12-,13-,14-,15+,16-,19-,20-/m1/s1. The number of allylic oxidation sites excluding steroid dienone is 1. The molecule has 0 bridgehead atoms. The van der Waals surface area contributed by atoms with Gasteiger partial charge < -0.3 is 18.9 Å². The Hall–Kier alpha value is -1.66. The third kappa shape index (κ3) is 2.70. The molecule has 4 fully saturated rings. The van der Waals surface area contributed by atoms with E-state index in [1.54, 1.807) is 19.9 Å². The Labute approximate surface area is 153 Å². The molecular weight excluding hydrogens is 336 g/mol. The molecule has 26 heavy (non-hydrogen) atoms. The maximum Gasteiger partial charge on any atom is 0.334 e. The van der Waals surface area contributed by atoms with E-state index in [1.807, 2.05) is 13.8 Å². The van der Waals surface area contributed by atoms with E-state index in [4.69, 9.17) is 18.9 Å². The quantitative estimate of drug-likeness (QED) is 0.427. The third-order valence-corrected chi connectivity index (χ3v) is 6.46. The molecule has 0 spiro atoms. The molecule has 0 aromatic rings. The molecule has 3 aliphatic heterocycles. The number of rotatable bonds is 2. The Balaban J connectivity index is 1.67. The molecule has 3 saturated heterocycles. The van der Waals surface area contributed by atoms with Crippen molar-refractivity contribution in [2.45, 2.75) is 82.6 Å². The lowest BCUT2D eigenvalue weighted by Crippen LogP contribution is -2.41. The minimum atomic E-state index is -0.539. The molecule has 3 heterocycles. The molecule has 4 rings (SSSR count). The Morgan fingerprint density at radius 2 is 2.04 bits per heavy atom. The van der Waals surface area contributed by atoms with Gasteiger partial charge in [-0.3, -0.25) is 0 Å². The van der Waals surface area contributed by atoms with Gasteiger partial charge in [-0.2, -0.15) is 0 Å². The van der Waals surface area contributed by atoms with Crippen molar-refractivity contribution in [3.63, 3.8) is 0 Å². The van der Waals surface area contributed by atoms with Crippen LogP contribution in [0.25, 0.3) is 0 Å². The fourth-order valence-electron chi connectivity index (χ4n) is 4.41. The van der Waals surface area contributed by atoms with Crippen LogP contribution in [0, 0.1) is 5.92 Å². The van der Waals surface area contributed by atoms with Gasteiger partial charge in [-0.05, 0) is 40.5 Å². The summed E-state index contributed by atoms with van der Waals surface area (Å²) in [7, 11) is 0. The van der Waals surface area contributed by atoms with Crippen molar-refractivity contribution in [2.24, 2.45) is 5.92 Å². The number of hydrogen-bond donors (Lipinski definition) is 0. The lowest BCUT2D eigenvalue weighted by Gasteiger charge is -2.29. The first-order chi connectivity index (χ1) is 12.2. The van der Waals surface area contributed by atoms with Crippen molar-refractivity contribution >= 4 is 11.9 Å². The van der Waals surface area contributed by atoms with Crippen LogP contribution in [0.3, 0.4) is 0 Å². The van der Waals surface area contributed by atoms with Crippen LogP contribution in [-0.2, 0) is 28.5 Å². The van der Waals surface area contributed by atoms with Crippen LogP contribution in [-0.4, -0.2) is 47.6 Å². The summed E-state index contributed by atoms with van der Waals surface area (Å²) in [6, 6.07) is 0. The van der Waals surface area contributed by atoms with Crippen molar-refractivity contribution < 1.29 is 28.5 Å². The number of hydrogen-bond acceptors (Lipinski definition) is 6. The molecule has 0 unspecified atom stereocenters. The highest BCUT2D eigenvalue weighted by molar-refractivity contribution is 5.91. The van der Waals surface area contributed by atoms with Crippen LogP contribution < -0.4 is 0 Å². The van der Waals surface area contributed by atoms with Gasteiger partial charge in [-0.1, -0.05) is 12.7 Å². The zero-order valence-corrected chi connectivity index (χ0v) is 15.7. The lowest BCUT2D eigenvalue weighted by atomic mass is 9.79. The van der Waals surface area contributed by atoms with E-state index in [0.717, 1.165) is 12.8 Å². The van der Waals surface area contributed by atoms with Gasteiger partial charge >= 0.3 is 11.9 Å². The van der Waals surface area contributed by atoms with Crippen molar-refractivity contribution in [1.82, 2.24) is 0 Å². The van der Waals surface area contributed by atoms with E-state index in [2.05, 4.69) is 6.58 Å². The van der Waals surface area contributed by atoms with E-state index >= 15 is 0 Å². The zero-order chi connectivity index (χ0) is 18.9. The molecule has 4 aliphatic rings. The van der Waals surface area contributed by atoms with Crippen molar-refractivity contribution in [3.05, 3.63) is 23.8 Å². The van der Waals surface area contributed by atoms with Crippen LogP contribution in [0.15, 0.2) is 23.8 Å². The highest BCUT2D eigenvalue weighted by Crippen LogP contribution is 2.55. The van der Waals surface area contributed by atoms with Gasteiger partial charge in [0.05, 0.1) is 23.2 Å². The lowest BCUT2D eigenvalue weighted by molar-refractivity contribution is -0.149. The molecule has 1 aliphatic carbocycles. The normalized spacial score (nSPS) is 47.2. The van der Waals surface area contributed by atoms with Gasteiger partial charge in [0.15, 0.2) is 0 Å². The van der Waals surface area contributed by atoms with Gasteiger partial charge in [0, 0.05) is 17.6 Å². The molecular formula is C20H26O6. The minimum absolute atomic E-state index is 0.121. The summed E-state index contributed by atoms with van der Waals surface area (Å²) in [4.78, 5) is 24.7. The maximum atomic E-state index is 12.4. The second-order valence-electron chi connectivity index (χ2n) is 8.35. The van der Waals surface area contributed by atoms with Crippen LogP contribution in [0.4, 0.5) is 0 Å². The number of fused-ring (bicyclic) bond motifs is 4. The Bertz CT molecular complexity index is 711. The number of esters is 2. The predicted molar refractivity (Wildman–Crippen MR) is 92.2 cm³/mol. The Morgan fingerprint density at radius 1 is 1.31 bits per heavy atom. The molecule has 0 aromatic heterocycles. The average molecular weight is 362 g/mol. The van der Waals surface area contributed by atoms with Crippen molar-refractivity contribution in [2.75, 3.05) is 0 Å². The molecule has 142 valence electrons. The molecule has 7 atom stereocenters. The molecule has 6 heteroatoms. The van der Waals surface area contributed by atoms with Crippen LogP contribution in [0.2, 0.25) is 0 Å². The first kappa shape index (κ1) is 17.7. The van der Waals surface area contributed by atoms with Crippen molar-refractivity contribution in [1.29, 1.82) is 0 Å². The summed E-state index contributed by atoms with van der Waals surface area (Å²) < 4.78 is 23.3. The predicted octanol–water partition coefficient (Wildman–Crippen LogP) is 2.46. The van der Waals surface area contributed by atoms with Gasteiger partial charge in [0.2, 0.25) is 0 Å². The summed E-state index contributed by atoms with van der Waals surface area (Å²) in [6.07, 6.45) is 2.88. The molecule has 0 aromatic carbocycles. The molecule has 0 N–H and O–H groups in total. The van der Waals surface area contributed by atoms with Gasteiger partial charge in [0.1, 0.15) is 18.3 Å². The second kappa shape index (κ2) is 5.67. The number of ether oxygens (including phenoxy) is 4. The molecule has 1 saturated carbocycles. The smallest absolute Gasteiger partial charge is 0.334 e. The highest BCUT2D eigenvalue weighted by Gasteiger charge is 2.66. The van der Waals surface area contributed by atoms with E-state index in [9.17, 15) is 9.59 Å². The number of carbonyl (C=O) groups excluding carboxylic acids is 2. The van der Waals surface area contributed by atoms with E-state index in [0.29, 0.717) is 17.6 Å². The molecule has 0 amide bonds. The maximum absolute atomic E-state index is 12.4. The van der Waals surface area contributed by atoms with Crippen LogP contribution in [0.1, 0.15) is 47.0 Å². The first-order valence-corrected chi connectivity index (χ1v) is 9.28. The minimum Gasteiger partial charge on any atom is -0.458 e. The van der Waals surface area contributed by atoms with Crippen LogP contribution >= 0.6 is 0 Å². The largest absolute Gasteiger partial charge is 0.458 e. The van der Waals surface area contributed by atoms with Crippen LogP contribution in [0.5, 0.6) is 0 Å². The van der Waals surface area contributed by atoms with E-state index in [-0.39, 0.29) is 29.4 Å². The molecule has 6 nitrogen and oxygen atoms in total. The first-order valence-electron chi connectivity index (χ1n) is 9.28. The monoisotopic (exact) mass is 362 g/mol. The topological polar surface area (TPSA) is 77.7 Å². The Kier molecular flexibility index (Phi) is 3.87. The van der Waals surface area contributed by atoms with E-state index in [1.165, 1.54) is 0 Å². The second-order valence-corrected chi connectivity index (χ2v) is 8.35. The van der Waals surface area contributed by atoms with E-state index < -0.39 is 24.1 Å². The van der Waals surface area contributed by atoms with Gasteiger partial charge in [-0.25, -0.2) is 9.59 Å². The summed E-state index contributed by atoms with van der Waals surface area (Å²) in [5.41, 5.74) is 0.195. The summed E-state index contributed by atoms with van der Waals surface area (Å²) >= 11 is 0. The van der Waals surface area contributed by atoms with Gasteiger partial charge in [0.25, 0.3) is 0 Å². The zero-order valence-electron chi connectivity index (χ0n) is 15.7. The third-order valence-electron chi connectivity index (χ3n) is 6.46.